The van der Waals surface area contributed by atoms with Crippen molar-refractivity contribution in [1.29, 1.82) is 0 Å². The first-order chi connectivity index (χ1) is 16.2. The molecule has 0 aliphatic heterocycles. The molecule has 0 amide bonds. The molecule has 0 atom stereocenters. The van der Waals surface area contributed by atoms with Crippen molar-refractivity contribution >= 4 is 27.3 Å². The molecule has 0 saturated carbocycles. The molecule has 0 aliphatic carbocycles. The number of aromatic amines is 1. The normalized spacial score (nSPS) is 12.3. The monoisotopic (exact) mass is 489 g/mol. The topological polar surface area (TPSA) is 130 Å². The molecule has 2 N–H and O–H groups in total. The summed E-state index contributed by atoms with van der Waals surface area (Å²) < 4.78 is 34.8. The van der Waals surface area contributed by atoms with Crippen LogP contribution >= 0.6 is 0 Å². The molecule has 34 heavy (non-hydrogen) atoms. The van der Waals surface area contributed by atoms with Crippen LogP contribution in [0, 0.1) is 0 Å². The predicted octanol–water partition coefficient (Wildman–Crippen LogP) is 3.12. The van der Waals surface area contributed by atoms with E-state index in [1.807, 2.05) is 20.8 Å². The average Bonchev–Trinajstić information content (AvgIpc) is 3.06. The molecule has 3 aromatic rings. The summed E-state index contributed by atoms with van der Waals surface area (Å²) in [6, 6.07) is 4.56. The first-order valence-corrected chi connectivity index (χ1v) is 12.7. The molecule has 0 fully saturated rings. The molecular weight excluding hydrogens is 458 g/mol. The second kappa shape index (κ2) is 10.4. The first kappa shape index (κ1) is 25.4. The molecule has 0 radical (unpaired) electrons. The van der Waals surface area contributed by atoms with E-state index in [9.17, 15) is 13.2 Å². The maximum absolute atomic E-state index is 13.1. The van der Waals surface area contributed by atoms with Crippen LogP contribution in [0.2, 0.25) is 0 Å². The fourth-order valence-corrected chi connectivity index (χ4v) is 5.32. The molecule has 184 valence electrons. The summed E-state index contributed by atoms with van der Waals surface area (Å²) in [7, 11) is -0.494. The predicted molar refractivity (Wildman–Crippen MR) is 131 cm³/mol. The molecule has 0 saturated heterocycles. The SMILES string of the molecule is CCCc1c(/C=N/O)n(C)c2c(=O)[nH]c(-c3cc(S(=O)(=O)N(C)CCC)ccc3OCC)nc12. The van der Waals surface area contributed by atoms with Gasteiger partial charge < -0.3 is 19.5 Å². The fraction of sp³-hybridized carbons (Fsp3) is 0.435. The highest BCUT2D eigenvalue weighted by Crippen LogP contribution is 2.32. The van der Waals surface area contributed by atoms with Gasteiger partial charge in [0.1, 0.15) is 22.6 Å². The third-order valence-corrected chi connectivity index (χ3v) is 7.47. The molecule has 0 spiro atoms. The van der Waals surface area contributed by atoms with Crippen LogP contribution in [-0.4, -0.2) is 58.9 Å². The second-order valence-corrected chi connectivity index (χ2v) is 9.99. The zero-order valence-electron chi connectivity index (χ0n) is 20.1. The molecule has 2 aromatic heterocycles. The van der Waals surface area contributed by atoms with Gasteiger partial charge >= 0.3 is 0 Å². The number of nitrogens with one attached hydrogen (secondary N) is 1. The Balaban J connectivity index is 2.31. The van der Waals surface area contributed by atoms with Crippen LogP contribution in [0.15, 0.2) is 33.0 Å². The van der Waals surface area contributed by atoms with E-state index in [1.165, 1.54) is 29.7 Å². The van der Waals surface area contributed by atoms with Gasteiger partial charge in [0.15, 0.2) is 0 Å². The van der Waals surface area contributed by atoms with Crippen molar-refractivity contribution in [2.75, 3.05) is 20.2 Å². The Morgan fingerprint density at radius 1 is 1.26 bits per heavy atom. The lowest BCUT2D eigenvalue weighted by Crippen LogP contribution is -2.27. The summed E-state index contributed by atoms with van der Waals surface area (Å²) in [5, 5.41) is 12.3. The Morgan fingerprint density at radius 2 is 2.00 bits per heavy atom. The number of aromatic nitrogens is 3. The zero-order valence-corrected chi connectivity index (χ0v) is 20.9. The van der Waals surface area contributed by atoms with Crippen molar-refractivity contribution in [1.82, 2.24) is 18.8 Å². The van der Waals surface area contributed by atoms with Crippen LogP contribution in [0.3, 0.4) is 0 Å². The third-order valence-electron chi connectivity index (χ3n) is 5.62. The van der Waals surface area contributed by atoms with E-state index >= 15 is 0 Å². The van der Waals surface area contributed by atoms with Gasteiger partial charge in [-0.05, 0) is 38.0 Å². The van der Waals surface area contributed by atoms with E-state index in [-0.39, 0.29) is 10.7 Å². The highest BCUT2D eigenvalue weighted by molar-refractivity contribution is 7.89. The van der Waals surface area contributed by atoms with E-state index in [0.717, 1.165) is 12.0 Å². The van der Waals surface area contributed by atoms with Crippen molar-refractivity contribution in [2.45, 2.75) is 44.9 Å². The zero-order chi connectivity index (χ0) is 25.0. The summed E-state index contributed by atoms with van der Waals surface area (Å²) in [6.07, 6.45) is 3.37. The van der Waals surface area contributed by atoms with Gasteiger partial charge in [0.05, 0.1) is 29.0 Å². The lowest BCUT2D eigenvalue weighted by Gasteiger charge is -2.18. The van der Waals surface area contributed by atoms with Gasteiger partial charge in [0.2, 0.25) is 10.0 Å². The molecular formula is C23H31N5O5S. The maximum Gasteiger partial charge on any atom is 0.275 e. The molecule has 1 aromatic carbocycles. The third kappa shape index (κ3) is 4.58. The minimum Gasteiger partial charge on any atom is -0.493 e. The highest BCUT2D eigenvalue weighted by atomic mass is 32.2. The van der Waals surface area contributed by atoms with Crippen molar-refractivity contribution in [3.05, 3.63) is 39.8 Å². The van der Waals surface area contributed by atoms with Crippen LogP contribution in [0.4, 0.5) is 0 Å². The van der Waals surface area contributed by atoms with Crippen molar-refractivity contribution in [2.24, 2.45) is 12.2 Å². The average molecular weight is 490 g/mol. The number of hydrogen-bond donors (Lipinski definition) is 2. The van der Waals surface area contributed by atoms with E-state index in [0.29, 0.717) is 54.0 Å². The molecule has 3 rings (SSSR count). The lowest BCUT2D eigenvalue weighted by molar-refractivity contribution is 0.321. The van der Waals surface area contributed by atoms with Crippen LogP contribution in [0.5, 0.6) is 5.75 Å². The van der Waals surface area contributed by atoms with Gasteiger partial charge in [-0.15, -0.1) is 0 Å². The molecule has 2 heterocycles. The van der Waals surface area contributed by atoms with E-state index in [2.05, 4.69) is 10.1 Å². The van der Waals surface area contributed by atoms with Gasteiger partial charge in [0.25, 0.3) is 5.56 Å². The van der Waals surface area contributed by atoms with Gasteiger partial charge in [0, 0.05) is 26.2 Å². The minimum absolute atomic E-state index is 0.0830. The van der Waals surface area contributed by atoms with Gasteiger partial charge in [-0.3, -0.25) is 4.79 Å². The molecule has 0 aliphatic rings. The van der Waals surface area contributed by atoms with E-state index in [4.69, 9.17) is 14.9 Å². The molecule has 0 unspecified atom stereocenters. The molecule has 10 nitrogen and oxygen atoms in total. The minimum atomic E-state index is -3.73. The van der Waals surface area contributed by atoms with Crippen LogP contribution in [0.1, 0.15) is 44.9 Å². The Labute approximate surface area is 198 Å². The Morgan fingerprint density at radius 3 is 2.62 bits per heavy atom. The molecule has 0 bridgehead atoms. The number of aryl methyl sites for hydroxylation is 2. The maximum atomic E-state index is 13.1. The van der Waals surface area contributed by atoms with Crippen molar-refractivity contribution in [3.63, 3.8) is 0 Å². The standard InChI is InChI=1S/C23H31N5O5S/c1-6-9-16-18(14-24-30)28(5)21-20(16)25-22(26-23(21)29)17-13-15(10-11-19(17)33-8-3)34(31,32)27(4)12-7-2/h10-11,13-14,30H,6-9,12H2,1-5H3,(H,25,26,29)/b24-14+. The molecule has 11 heteroatoms. The summed E-state index contributed by atoms with van der Waals surface area (Å²) in [5.41, 5.74) is 2.14. The number of fused-ring (bicyclic) bond motifs is 1. The summed E-state index contributed by atoms with van der Waals surface area (Å²) in [6.45, 7) is 6.46. The quantitative estimate of drug-likeness (QED) is 0.256. The first-order valence-electron chi connectivity index (χ1n) is 11.2. The second-order valence-electron chi connectivity index (χ2n) is 7.95. The Kier molecular flexibility index (Phi) is 7.78. The summed E-state index contributed by atoms with van der Waals surface area (Å²) in [4.78, 5) is 20.7. The largest absolute Gasteiger partial charge is 0.493 e. The van der Waals surface area contributed by atoms with Crippen LogP contribution in [0.25, 0.3) is 22.4 Å². The van der Waals surface area contributed by atoms with Gasteiger partial charge in [-0.25, -0.2) is 17.7 Å². The number of oxime groups is 1. The Hall–Kier alpha value is -3.18. The van der Waals surface area contributed by atoms with E-state index in [1.54, 1.807) is 17.7 Å². The van der Waals surface area contributed by atoms with Crippen LogP contribution in [-0.2, 0) is 23.5 Å². The smallest absolute Gasteiger partial charge is 0.275 e. The van der Waals surface area contributed by atoms with Gasteiger partial charge in [-0.1, -0.05) is 25.4 Å². The number of ether oxygens (including phenoxy) is 1. The van der Waals surface area contributed by atoms with E-state index < -0.39 is 15.6 Å². The highest BCUT2D eigenvalue weighted by Gasteiger charge is 2.24. The summed E-state index contributed by atoms with van der Waals surface area (Å²) in [5.74, 6) is 0.610. The number of nitrogens with zero attached hydrogens (tertiary/aromatic N) is 4. The Bertz CT molecular complexity index is 1370. The fourth-order valence-electron chi connectivity index (χ4n) is 4.03. The van der Waals surface area contributed by atoms with Crippen molar-refractivity contribution < 1.29 is 18.4 Å². The number of rotatable bonds is 10. The lowest BCUT2D eigenvalue weighted by atomic mass is 10.1. The number of H-pyrrole nitrogens is 1. The number of hydrogen-bond acceptors (Lipinski definition) is 7. The number of benzene rings is 1. The summed E-state index contributed by atoms with van der Waals surface area (Å²) >= 11 is 0. The van der Waals surface area contributed by atoms with Crippen LogP contribution < -0.4 is 10.3 Å². The van der Waals surface area contributed by atoms with Crippen molar-refractivity contribution in [3.8, 4) is 17.1 Å². The van der Waals surface area contributed by atoms with Gasteiger partial charge in [-0.2, -0.15) is 0 Å². The number of sulfonamides is 1.